The van der Waals surface area contributed by atoms with Gasteiger partial charge in [0.25, 0.3) is 0 Å². The Kier molecular flexibility index (Phi) is 4.54. The third kappa shape index (κ3) is 3.14. The summed E-state index contributed by atoms with van der Waals surface area (Å²) in [4.78, 5) is 12.6. The topological polar surface area (TPSA) is 26.3 Å². The molecule has 0 aliphatic carbocycles. The van der Waals surface area contributed by atoms with E-state index in [1.807, 2.05) is 66.7 Å². The first-order valence-corrected chi connectivity index (χ1v) is 8.93. The number of ether oxygens (including phenoxy) is 1. The van der Waals surface area contributed by atoms with Crippen molar-refractivity contribution in [3.63, 3.8) is 0 Å². The summed E-state index contributed by atoms with van der Waals surface area (Å²) < 4.78 is 5.80. The molecule has 0 saturated carbocycles. The van der Waals surface area contributed by atoms with Crippen molar-refractivity contribution >= 4 is 50.7 Å². The lowest BCUT2D eigenvalue weighted by molar-refractivity contribution is -0.133. The molecule has 4 aromatic rings. The Balaban J connectivity index is 1.86. The summed E-state index contributed by atoms with van der Waals surface area (Å²) in [7, 11) is 0. The molecular formula is C22H14Cl2O2. The zero-order valence-corrected chi connectivity index (χ0v) is 15.2. The van der Waals surface area contributed by atoms with E-state index in [2.05, 4.69) is 0 Å². The van der Waals surface area contributed by atoms with Gasteiger partial charge in [0, 0.05) is 21.2 Å². The molecule has 128 valence electrons. The molecular weight excluding hydrogens is 367 g/mol. The highest BCUT2D eigenvalue weighted by atomic mass is 35.5. The first-order valence-electron chi connectivity index (χ1n) is 8.17. The van der Waals surface area contributed by atoms with E-state index in [0.717, 1.165) is 21.7 Å². The highest BCUT2D eigenvalue weighted by Gasteiger charge is 2.16. The van der Waals surface area contributed by atoms with Crippen molar-refractivity contribution in [2.24, 2.45) is 0 Å². The van der Waals surface area contributed by atoms with E-state index in [4.69, 9.17) is 27.9 Å². The van der Waals surface area contributed by atoms with Crippen LogP contribution in [0.1, 0.15) is 5.56 Å². The van der Waals surface area contributed by atoms with Crippen molar-refractivity contribution in [3.05, 3.63) is 88.4 Å². The predicted octanol–water partition coefficient (Wildman–Crippen LogP) is 6.45. The minimum atomic E-state index is -0.343. The van der Waals surface area contributed by atoms with E-state index in [-0.39, 0.29) is 12.4 Å². The predicted molar refractivity (Wildman–Crippen MR) is 107 cm³/mol. The Hall–Kier alpha value is -2.55. The van der Waals surface area contributed by atoms with E-state index >= 15 is 0 Å². The summed E-state index contributed by atoms with van der Waals surface area (Å²) in [6.07, 6.45) is 0.184. The van der Waals surface area contributed by atoms with Gasteiger partial charge in [0.1, 0.15) is 5.75 Å². The Morgan fingerprint density at radius 2 is 1.54 bits per heavy atom. The highest BCUT2D eigenvalue weighted by Crippen LogP contribution is 2.41. The van der Waals surface area contributed by atoms with Crippen LogP contribution in [-0.2, 0) is 11.2 Å². The van der Waals surface area contributed by atoms with Gasteiger partial charge < -0.3 is 4.74 Å². The molecule has 0 saturated heterocycles. The molecule has 0 fully saturated rings. The van der Waals surface area contributed by atoms with Crippen molar-refractivity contribution in [3.8, 4) is 5.75 Å². The highest BCUT2D eigenvalue weighted by molar-refractivity contribution is 6.39. The lowest BCUT2D eigenvalue weighted by atomic mass is 10.0. The van der Waals surface area contributed by atoms with Crippen LogP contribution in [0.2, 0.25) is 10.0 Å². The number of benzene rings is 4. The second kappa shape index (κ2) is 6.99. The molecule has 0 aliphatic heterocycles. The third-order valence-corrected chi connectivity index (χ3v) is 4.92. The van der Waals surface area contributed by atoms with Crippen LogP contribution >= 0.6 is 23.2 Å². The summed E-state index contributed by atoms with van der Waals surface area (Å²) in [5.74, 6) is 0.108. The van der Waals surface area contributed by atoms with Crippen molar-refractivity contribution in [2.75, 3.05) is 0 Å². The third-order valence-electron chi connectivity index (χ3n) is 4.28. The zero-order chi connectivity index (χ0) is 18.1. The number of hydrogen-bond donors (Lipinski definition) is 0. The molecule has 0 unspecified atom stereocenters. The van der Waals surface area contributed by atoms with Gasteiger partial charge in [-0.3, -0.25) is 4.79 Å². The largest absolute Gasteiger partial charge is 0.425 e. The van der Waals surface area contributed by atoms with Crippen LogP contribution in [-0.4, -0.2) is 5.97 Å². The first kappa shape index (κ1) is 16.9. The number of halogens is 2. The van der Waals surface area contributed by atoms with E-state index in [9.17, 15) is 4.79 Å². The molecule has 0 spiro atoms. The van der Waals surface area contributed by atoms with Crippen molar-refractivity contribution in [2.45, 2.75) is 6.42 Å². The van der Waals surface area contributed by atoms with Gasteiger partial charge in [-0.15, -0.1) is 0 Å². The van der Waals surface area contributed by atoms with Gasteiger partial charge in [0.05, 0.1) is 11.4 Å². The van der Waals surface area contributed by atoms with Gasteiger partial charge in [-0.25, -0.2) is 0 Å². The molecule has 0 N–H and O–H groups in total. The van der Waals surface area contributed by atoms with Gasteiger partial charge in [0.2, 0.25) is 0 Å². The number of carbonyl (C=O) groups is 1. The summed E-state index contributed by atoms with van der Waals surface area (Å²) in [5.41, 5.74) is 0.895. The quantitative estimate of drug-likeness (QED) is 0.232. The number of carbonyl (C=O) groups excluding carboxylic acids is 1. The lowest BCUT2D eigenvalue weighted by Gasteiger charge is -2.14. The van der Waals surface area contributed by atoms with Crippen LogP contribution in [0.25, 0.3) is 21.5 Å². The van der Waals surface area contributed by atoms with Gasteiger partial charge in [-0.05, 0) is 29.1 Å². The van der Waals surface area contributed by atoms with Gasteiger partial charge in [0.15, 0.2) is 0 Å². The van der Waals surface area contributed by atoms with Crippen molar-refractivity contribution < 1.29 is 9.53 Å². The molecule has 0 bridgehead atoms. The Morgan fingerprint density at radius 3 is 2.35 bits per heavy atom. The Bertz CT molecular complexity index is 1120. The first-order chi connectivity index (χ1) is 12.6. The molecule has 0 aliphatic rings. The van der Waals surface area contributed by atoms with Crippen molar-refractivity contribution in [1.29, 1.82) is 0 Å². The number of fused-ring (bicyclic) bond motifs is 2. The van der Waals surface area contributed by atoms with Crippen molar-refractivity contribution in [1.82, 2.24) is 0 Å². The van der Waals surface area contributed by atoms with Crippen LogP contribution in [0.5, 0.6) is 5.75 Å². The summed E-state index contributed by atoms with van der Waals surface area (Å²) in [5, 5.41) is 4.31. The van der Waals surface area contributed by atoms with Crippen LogP contribution in [0, 0.1) is 0 Å². The SMILES string of the molecule is O=C(Cc1ccccc1)Oc1c2cccc(Cl)c2cc2cccc(Cl)c12. The maximum atomic E-state index is 12.6. The van der Waals surface area contributed by atoms with Gasteiger partial charge >= 0.3 is 5.97 Å². The molecule has 4 heteroatoms. The molecule has 0 aromatic heterocycles. The molecule has 0 heterocycles. The smallest absolute Gasteiger partial charge is 0.315 e. The fourth-order valence-corrected chi connectivity index (χ4v) is 3.59. The molecule has 26 heavy (non-hydrogen) atoms. The molecule has 4 aromatic carbocycles. The number of rotatable bonds is 3. The van der Waals surface area contributed by atoms with Crippen LogP contribution < -0.4 is 4.74 Å². The second-order valence-corrected chi connectivity index (χ2v) is 6.83. The van der Waals surface area contributed by atoms with Gasteiger partial charge in [-0.1, -0.05) is 77.8 Å². The lowest BCUT2D eigenvalue weighted by Crippen LogP contribution is -2.11. The normalized spacial score (nSPS) is 11.0. The number of esters is 1. The molecule has 4 rings (SSSR count). The van der Waals surface area contributed by atoms with Crippen LogP contribution in [0.15, 0.2) is 72.8 Å². The minimum absolute atomic E-state index is 0.184. The van der Waals surface area contributed by atoms with E-state index in [0.29, 0.717) is 21.2 Å². The average molecular weight is 381 g/mol. The van der Waals surface area contributed by atoms with E-state index in [1.165, 1.54) is 0 Å². The zero-order valence-electron chi connectivity index (χ0n) is 13.7. The van der Waals surface area contributed by atoms with Crippen LogP contribution in [0.3, 0.4) is 0 Å². The maximum Gasteiger partial charge on any atom is 0.315 e. The molecule has 0 amide bonds. The maximum absolute atomic E-state index is 12.6. The Labute approximate surface area is 160 Å². The monoisotopic (exact) mass is 380 g/mol. The second-order valence-electron chi connectivity index (χ2n) is 6.02. The summed E-state index contributed by atoms with van der Waals surface area (Å²) >= 11 is 12.8. The molecule has 0 radical (unpaired) electrons. The fraction of sp³-hybridized carbons (Fsp3) is 0.0455. The van der Waals surface area contributed by atoms with E-state index < -0.39 is 0 Å². The van der Waals surface area contributed by atoms with E-state index in [1.54, 1.807) is 6.07 Å². The summed E-state index contributed by atoms with van der Waals surface area (Å²) in [6.45, 7) is 0. The Morgan fingerprint density at radius 1 is 0.808 bits per heavy atom. The number of hydrogen-bond acceptors (Lipinski definition) is 2. The minimum Gasteiger partial charge on any atom is -0.425 e. The summed E-state index contributed by atoms with van der Waals surface area (Å²) in [6, 6.07) is 22.6. The fourth-order valence-electron chi connectivity index (χ4n) is 3.09. The standard InChI is InChI=1S/C22H14Cl2O2/c23-18-10-5-9-16-17(18)13-15-8-4-11-19(24)21(15)22(16)26-20(25)12-14-6-2-1-3-7-14/h1-11,13H,12H2. The average Bonchev–Trinajstić information content (AvgIpc) is 2.63. The molecule has 0 atom stereocenters. The molecule has 2 nitrogen and oxygen atoms in total. The van der Waals surface area contributed by atoms with Gasteiger partial charge in [-0.2, -0.15) is 0 Å². The van der Waals surface area contributed by atoms with Crippen LogP contribution in [0.4, 0.5) is 0 Å².